The van der Waals surface area contributed by atoms with Crippen molar-refractivity contribution in [3.8, 4) is 28.3 Å². The maximum absolute atomic E-state index is 13.9. The molecular formula is C94H87BrCl8N16O12S4. The third-order valence-electron chi connectivity index (χ3n) is 22.2. The third kappa shape index (κ3) is 20.6. The summed E-state index contributed by atoms with van der Waals surface area (Å²) in [4.78, 5) is 90.1. The Morgan fingerprint density at radius 2 is 0.563 bits per heavy atom. The summed E-state index contributed by atoms with van der Waals surface area (Å²) in [5.41, 5.74) is 4.17. The number of anilines is 8. The minimum atomic E-state index is -3.68. The SMILES string of the molecule is C.C.C.C.C[C@@]1(Cc2ccc(-c3cccnc3)cc2)C(=O)N(c2cc(Cl)cc(Cl)c2)c2ncc(S(C)(=O)=O)n21.C[C@@]1(Cc2ccc(-c3cncnc3)cc2)C(=O)N(c2cc(Cl)cc(Cl)c2)c2ncc(S(C)(=O)=O)n21.C[C@@]1(Cc2ccc(Br)cc2)C(=O)N(c2cc(Cl)cc(Cl)c2)c2ncc(S(C)(=O)=O)n21.C[C@@]1(Cc2ccc(C#N)cc2)C(=O)N(c2cc(Cl)cc(Cl)c2)c2ncc(S(C)(=O)=O)n21. The number of imidazole rings is 4. The van der Waals surface area contributed by atoms with Gasteiger partial charge in [0.15, 0.2) is 59.5 Å². The number of carbonyl (C=O) groups is 4. The molecule has 702 valence electrons. The molecule has 4 aliphatic heterocycles. The van der Waals surface area contributed by atoms with E-state index in [1.165, 1.54) is 75.0 Å². The minimum absolute atomic E-state index is 0. The van der Waals surface area contributed by atoms with Crippen molar-refractivity contribution >= 4 is 218 Å². The van der Waals surface area contributed by atoms with E-state index in [4.69, 9.17) is 98.1 Å². The van der Waals surface area contributed by atoms with Gasteiger partial charge in [0.1, 0.15) is 28.5 Å². The highest BCUT2D eigenvalue weighted by Gasteiger charge is 2.56. The Labute approximate surface area is 830 Å². The lowest BCUT2D eigenvalue weighted by Gasteiger charge is -2.26. The van der Waals surface area contributed by atoms with Gasteiger partial charge in [0.25, 0.3) is 23.6 Å². The average Bonchev–Trinajstić information content (AvgIpc) is 1.57. The standard InChI is InChI=1S/C25H20Cl2N4O3S.C24H19Cl2N5O3S.C21H16Cl2N4O3S.C20H16BrCl2N3O3S.4CH4/c1-25(13-16-5-7-17(8-6-16)18-4-3-9-28-14-18)23(32)30(21-11-19(26)10-20(27)12-21)24-29-15-22(31(24)25)35(2,33)34;1-24(10-15-3-5-16(6-4-15)17-11-27-14-28-12-17)22(32)30(20-8-18(25)7-19(26)9-20)23-29-13-21(31(23)24)35(2,33)34;1-21(10-13-3-5-14(11-24)6-4-13)19(28)26(17-8-15(22)7-16(23)9-17)20-25-12-18(27(20)21)31(2,29)30;1-20(10-12-3-5-13(21)6-4-12)18(27)25(16-8-14(22)7-15(23)9-16)19-24-11-17(26(19)20)30(2,28)29;;;;/h3-12,14-15H,13H2,1-2H3;3-9,11-14H,10H2,1-2H3;3-9,12H,10H2,1-2H3;3-9,11H,10H2,1-2H3;4*1H4/t25-;24-;21-;20-;;;;/m1111..../s1. The summed E-state index contributed by atoms with van der Waals surface area (Å²) < 4.78 is 107. The first kappa shape index (κ1) is 104. The second-order valence-electron chi connectivity index (χ2n) is 32.1. The van der Waals surface area contributed by atoms with Gasteiger partial charge in [-0.15, -0.1) is 0 Å². The van der Waals surface area contributed by atoms with Crippen LogP contribution in [0.4, 0.5) is 46.5 Å². The van der Waals surface area contributed by atoms with E-state index in [0.717, 1.165) is 74.0 Å². The van der Waals surface area contributed by atoms with Crippen molar-refractivity contribution in [2.24, 2.45) is 0 Å². The fourth-order valence-corrected chi connectivity index (χ4v) is 22.0. The van der Waals surface area contributed by atoms with E-state index < -0.39 is 61.5 Å². The average molecular weight is 2120 g/mol. The van der Waals surface area contributed by atoms with Crippen LogP contribution in [0.25, 0.3) is 22.3 Å². The topological polar surface area (TPSA) is 352 Å². The van der Waals surface area contributed by atoms with Crippen LogP contribution in [-0.2, 0) is 106 Å². The Morgan fingerprint density at radius 1 is 0.326 bits per heavy atom. The zero-order chi connectivity index (χ0) is 94.3. The highest BCUT2D eigenvalue weighted by molar-refractivity contribution is 9.10. The predicted octanol–water partition coefficient (Wildman–Crippen LogP) is 21.6. The second kappa shape index (κ2) is 39.9. The molecule has 18 rings (SSSR count). The van der Waals surface area contributed by atoms with Crippen molar-refractivity contribution in [3.63, 3.8) is 0 Å². The molecule has 0 N–H and O–H groups in total. The van der Waals surface area contributed by atoms with Gasteiger partial charge in [-0.2, -0.15) is 5.26 Å². The second-order valence-corrected chi connectivity index (χ2v) is 44.3. The molecule has 0 aliphatic carbocycles. The van der Waals surface area contributed by atoms with Gasteiger partial charge in [-0.25, -0.2) is 83.2 Å². The van der Waals surface area contributed by atoms with Crippen molar-refractivity contribution in [3.05, 3.63) is 310 Å². The number of amides is 4. The van der Waals surface area contributed by atoms with Crippen molar-refractivity contribution in [1.82, 2.24) is 53.2 Å². The van der Waals surface area contributed by atoms with Gasteiger partial charge in [0.2, 0.25) is 23.8 Å². The van der Waals surface area contributed by atoms with Crippen molar-refractivity contribution < 1.29 is 52.8 Å². The van der Waals surface area contributed by atoms with Gasteiger partial charge < -0.3 is 0 Å². The first-order chi connectivity index (χ1) is 61.7. The molecule has 0 bridgehead atoms. The highest BCUT2D eigenvalue weighted by atomic mass is 79.9. The Hall–Kier alpha value is -11.2. The molecule has 6 aromatic heterocycles. The molecule has 41 heteroatoms. The number of fused-ring (bicyclic) bond motifs is 4. The molecule has 0 saturated carbocycles. The van der Waals surface area contributed by atoms with Gasteiger partial charge in [0, 0.05) is 126 Å². The number of carbonyl (C=O) groups excluding carboxylic acids is 4. The van der Waals surface area contributed by atoms with E-state index in [-0.39, 0.29) is 123 Å². The van der Waals surface area contributed by atoms with E-state index >= 15 is 0 Å². The lowest BCUT2D eigenvalue weighted by atomic mass is 9.91. The predicted molar refractivity (Wildman–Crippen MR) is 535 cm³/mol. The highest BCUT2D eigenvalue weighted by Crippen LogP contribution is 2.51. The Bertz CT molecular complexity index is 7200. The van der Waals surface area contributed by atoms with E-state index in [9.17, 15) is 52.8 Å². The normalized spacial score (nSPS) is 17.5. The number of benzene rings is 8. The fourth-order valence-electron chi connectivity index (χ4n) is 16.3. The Kier molecular flexibility index (Phi) is 30.8. The summed E-state index contributed by atoms with van der Waals surface area (Å²) in [6, 6.07) is 54.5. The van der Waals surface area contributed by atoms with Crippen LogP contribution in [0, 0.1) is 11.3 Å². The van der Waals surface area contributed by atoms with Crippen LogP contribution in [0.5, 0.6) is 0 Å². The third-order valence-corrected chi connectivity index (χ3v) is 28.7. The van der Waals surface area contributed by atoms with Gasteiger partial charge >= 0.3 is 0 Å². The number of pyridine rings is 1. The summed E-state index contributed by atoms with van der Waals surface area (Å²) in [6.45, 7) is 6.81. The molecule has 14 aromatic rings. The summed E-state index contributed by atoms with van der Waals surface area (Å²) >= 11 is 52.8. The summed E-state index contributed by atoms with van der Waals surface area (Å²) in [6.07, 6.45) is 18.8. The van der Waals surface area contributed by atoms with Crippen LogP contribution in [0.3, 0.4) is 0 Å². The van der Waals surface area contributed by atoms with Crippen LogP contribution in [-0.4, -0.2) is 135 Å². The first-order valence-corrected chi connectivity index (χ1v) is 50.5. The molecule has 4 aliphatic rings. The van der Waals surface area contributed by atoms with Crippen molar-refractivity contribution in [2.45, 2.75) is 125 Å². The molecule has 28 nitrogen and oxygen atoms in total. The number of nitriles is 1. The Balaban J connectivity index is 0.000000172. The van der Waals surface area contributed by atoms with Crippen molar-refractivity contribution in [1.29, 1.82) is 5.26 Å². The molecular weight excluding hydrogens is 2040 g/mol. The number of hydrogen-bond acceptors (Lipinski definition) is 20. The van der Waals surface area contributed by atoms with Crippen LogP contribution >= 0.6 is 109 Å². The van der Waals surface area contributed by atoms with E-state index in [1.807, 2.05) is 84.9 Å². The maximum Gasteiger partial charge on any atom is 0.260 e. The lowest BCUT2D eigenvalue weighted by Crippen LogP contribution is -2.41. The molecule has 4 atom stereocenters. The minimum Gasteiger partial charge on any atom is -0.285 e. The van der Waals surface area contributed by atoms with E-state index in [0.29, 0.717) is 68.5 Å². The van der Waals surface area contributed by atoms with Gasteiger partial charge in [-0.3, -0.25) is 42.4 Å². The van der Waals surface area contributed by atoms with Crippen molar-refractivity contribution in [2.75, 3.05) is 44.6 Å². The number of sulfone groups is 4. The molecule has 0 fully saturated rings. The maximum atomic E-state index is 13.9. The number of rotatable bonds is 18. The number of aromatic nitrogens is 11. The zero-order valence-electron chi connectivity index (χ0n) is 69.9. The van der Waals surface area contributed by atoms with E-state index in [1.54, 1.807) is 143 Å². The largest absolute Gasteiger partial charge is 0.285 e. The fraction of sp³-hybridized carbons (Fsp3) is 0.213. The zero-order valence-corrected chi connectivity index (χ0v) is 80.8. The lowest BCUT2D eigenvalue weighted by molar-refractivity contribution is -0.124. The van der Waals surface area contributed by atoms with Crippen LogP contribution in [0.2, 0.25) is 40.2 Å². The molecule has 0 unspecified atom stereocenters. The number of hydrogen-bond donors (Lipinski definition) is 0. The number of nitrogens with zero attached hydrogens (tertiary/aromatic N) is 16. The van der Waals surface area contributed by atoms with Crippen LogP contribution in [0.1, 0.15) is 85.2 Å². The summed E-state index contributed by atoms with van der Waals surface area (Å²) in [5, 5.41) is 11.6. The molecule has 4 amide bonds. The number of halogens is 9. The molecule has 0 spiro atoms. The molecule has 8 aromatic carbocycles. The summed E-state index contributed by atoms with van der Waals surface area (Å²) in [5.74, 6) is -0.611. The first-order valence-electron chi connectivity index (χ1n) is 39.1. The smallest absolute Gasteiger partial charge is 0.260 e. The van der Waals surface area contributed by atoms with Crippen LogP contribution < -0.4 is 19.6 Å². The van der Waals surface area contributed by atoms with Gasteiger partial charge in [-0.05, 0) is 170 Å². The summed E-state index contributed by atoms with van der Waals surface area (Å²) in [7, 11) is -14.7. The Morgan fingerprint density at radius 3 is 0.800 bits per heavy atom. The van der Waals surface area contributed by atoms with Crippen LogP contribution in [0.15, 0.2) is 262 Å². The molecule has 135 heavy (non-hydrogen) atoms. The quantitative estimate of drug-likeness (QED) is 0.0770. The van der Waals surface area contributed by atoms with Gasteiger partial charge in [-0.1, -0.05) is 217 Å². The molecule has 10 heterocycles. The van der Waals surface area contributed by atoms with E-state index in [2.05, 4.69) is 56.9 Å². The van der Waals surface area contributed by atoms with Gasteiger partial charge in [0.05, 0.1) is 59.2 Å². The molecule has 0 saturated heterocycles. The molecule has 0 radical (unpaired) electrons. The monoisotopic (exact) mass is 2120 g/mol.